The molecular weight excluding hydrogens is 522 g/mol. The molecule has 1 aromatic carbocycles. The summed E-state index contributed by atoms with van der Waals surface area (Å²) < 4.78 is 7.77. The van der Waals surface area contributed by atoms with Crippen LogP contribution < -0.4 is 0 Å². The molecule has 206 valence electrons. The maximum atomic E-state index is 10.3. The van der Waals surface area contributed by atoms with Crippen LogP contribution in [0, 0.1) is 6.92 Å². The molecule has 5 N–H and O–H groups in total. The Kier molecular flexibility index (Phi) is 11.3. The fraction of sp³-hybridized carbons (Fsp3) is 0.360. The van der Waals surface area contributed by atoms with Crippen molar-refractivity contribution in [1.29, 1.82) is 0 Å². The minimum absolute atomic E-state index is 0.264. The molecule has 0 saturated carbocycles. The lowest BCUT2D eigenvalue weighted by atomic mass is 9.96. The van der Waals surface area contributed by atoms with Gasteiger partial charge in [0.15, 0.2) is 5.60 Å². The Balaban J connectivity index is 0.000000332. The summed E-state index contributed by atoms with van der Waals surface area (Å²) in [6.07, 6.45) is 4.25. The molecule has 13 heteroatoms. The van der Waals surface area contributed by atoms with Gasteiger partial charge in [0, 0.05) is 42.6 Å². The summed E-state index contributed by atoms with van der Waals surface area (Å²) in [5.41, 5.74) is -1.92. The Morgan fingerprint density at radius 3 is 2.29 bits per heavy atom. The molecule has 0 radical (unpaired) electrons. The van der Waals surface area contributed by atoms with Crippen LogP contribution in [0.2, 0.25) is 5.02 Å². The van der Waals surface area contributed by atoms with Crippen molar-refractivity contribution in [3.8, 4) is 5.75 Å². The minimum atomic E-state index is -2.74. The minimum Gasteiger partial charge on any atom is -0.508 e. The first-order chi connectivity index (χ1) is 17.9. The van der Waals surface area contributed by atoms with Crippen molar-refractivity contribution in [2.24, 2.45) is 0 Å². The number of benzene rings is 1. The molecular formula is C25H30ClN3O9. The molecule has 0 aliphatic rings. The van der Waals surface area contributed by atoms with Crippen LogP contribution in [0.3, 0.4) is 0 Å². The van der Waals surface area contributed by atoms with Crippen LogP contribution in [-0.2, 0) is 34.0 Å². The Labute approximate surface area is 223 Å². The third-order valence-electron chi connectivity index (χ3n) is 5.35. The van der Waals surface area contributed by atoms with Crippen LogP contribution in [0.5, 0.6) is 5.75 Å². The average molecular weight is 552 g/mol. The van der Waals surface area contributed by atoms with Gasteiger partial charge in [0.05, 0.1) is 25.7 Å². The molecule has 2 aromatic heterocycles. The van der Waals surface area contributed by atoms with Crippen LogP contribution in [0.4, 0.5) is 0 Å². The zero-order chi connectivity index (χ0) is 28.3. The summed E-state index contributed by atoms with van der Waals surface area (Å²) in [6, 6.07) is 9.11. The van der Waals surface area contributed by atoms with Gasteiger partial charge in [0.2, 0.25) is 0 Å². The number of aliphatic hydroxyl groups is 1. The van der Waals surface area contributed by atoms with Gasteiger partial charge in [-0.3, -0.25) is 14.5 Å². The van der Waals surface area contributed by atoms with Gasteiger partial charge in [-0.2, -0.15) is 0 Å². The predicted molar refractivity (Wildman–Crippen MR) is 135 cm³/mol. The van der Waals surface area contributed by atoms with Gasteiger partial charge in [0.25, 0.3) is 0 Å². The monoisotopic (exact) mass is 551 g/mol. The molecule has 0 aliphatic carbocycles. The summed E-state index contributed by atoms with van der Waals surface area (Å²) in [6.45, 7) is 4.99. The molecule has 2 heterocycles. The van der Waals surface area contributed by atoms with Crippen LogP contribution in [0.1, 0.15) is 36.3 Å². The molecule has 3 aromatic rings. The van der Waals surface area contributed by atoms with Gasteiger partial charge in [-0.25, -0.2) is 9.78 Å². The molecule has 0 spiro atoms. The van der Waals surface area contributed by atoms with Gasteiger partial charge in [-0.15, -0.1) is 0 Å². The second-order valence-electron chi connectivity index (χ2n) is 8.63. The van der Waals surface area contributed by atoms with E-state index in [0.29, 0.717) is 18.1 Å². The number of imidazole rings is 1. The van der Waals surface area contributed by atoms with Gasteiger partial charge in [-0.05, 0) is 43.7 Å². The molecule has 3 rings (SSSR count). The first-order valence-electron chi connectivity index (χ1n) is 11.5. The van der Waals surface area contributed by atoms with Crippen LogP contribution in [0.25, 0.3) is 0 Å². The first-order valence-corrected chi connectivity index (χ1v) is 11.9. The molecule has 0 bridgehead atoms. The largest absolute Gasteiger partial charge is 0.508 e. The van der Waals surface area contributed by atoms with Crippen molar-refractivity contribution in [3.05, 3.63) is 71.2 Å². The van der Waals surface area contributed by atoms with Crippen molar-refractivity contribution in [1.82, 2.24) is 14.5 Å². The number of carboxylic acids is 3. The van der Waals surface area contributed by atoms with Crippen LogP contribution in [-0.4, -0.2) is 70.0 Å². The SMILES string of the molecule is Cc1ccc(CN(CCCn2ccnc2)Cc2cc(Cl)ccc2O)o1.O=C(O)CC(O)(CC(=O)O)C(=O)O. The van der Waals surface area contributed by atoms with Crippen LogP contribution >= 0.6 is 11.6 Å². The van der Waals surface area contributed by atoms with E-state index >= 15 is 0 Å². The number of aliphatic carboxylic acids is 3. The summed E-state index contributed by atoms with van der Waals surface area (Å²) in [4.78, 5) is 36.8. The number of phenolic OH excluding ortho intramolecular Hbond substituents is 1. The van der Waals surface area contributed by atoms with Crippen molar-refractivity contribution >= 4 is 29.5 Å². The third-order valence-corrected chi connectivity index (χ3v) is 5.58. The fourth-order valence-corrected chi connectivity index (χ4v) is 3.73. The van der Waals surface area contributed by atoms with Gasteiger partial charge in [-0.1, -0.05) is 11.6 Å². The summed E-state index contributed by atoms with van der Waals surface area (Å²) in [5, 5.41) is 44.5. The molecule has 0 saturated heterocycles. The molecule has 0 amide bonds. The van der Waals surface area contributed by atoms with E-state index in [-0.39, 0.29) is 5.75 Å². The molecule has 0 atom stereocenters. The van der Waals surface area contributed by atoms with Crippen molar-refractivity contribution in [3.63, 3.8) is 0 Å². The number of hydrogen-bond donors (Lipinski definition) is 5. The maximum Gasteiger partial charge on any atom is 0.336 e. The quantitative estimate of drug-likeness (QED) is 0.210. The normalized spacial score (nSPS) is 11.2. The van der Waals surface area contributed by atoms with Gasteiger partial charge >= 0.3 is 17.9 Å². The number of rotatable bonds is 13. The number of aromatic nitrogens is 2. The van der Waals surface area contributed by atoms with E-state index in [0.717, 1.165) is 36.6 Å². The Bertz CT molecular complexity index is 1190. The fourth-order valence-electron chi connectivity index (χ4n) is 3.54. The second-order valence-corrected chi connectivity index (χ2v) is 9.06. The number of phenols is 1. The summed E-state index contributed by atoms with van der Waals surface area (Å²) in [5.74, 6) is -2.94. The Morgan fingerprint density at radius 2 is 1.76 bits per heavy atom. The van der Waals surface area contributed by atoms with E-state index in [2.05, 4.69) is 14.5 Å². The first kappa shape index (κ1) is 30.4. The molecule has 0 aliphatic heterocycles. The lowest BCUT2D eigenvalue weighted by Gasteiger charge is -2.22. The highest BCUT2D eigenvalue weighted by atomic mass is 35.5. The predicted octanol–water partition coefficient (Wildman–Crippen LogP) is 2.99. The topological polar surface area (TPSA) is 187 Å². The average Bonchev–Trinajstić information content (AvgIpc) is 3.47. The summed E-state index contributed by atoms with van der Waals surface area (Å²) >= 11 is 6.08. The Hall–Kier alpha value is -3.87. The number of aromatic hydroxyl groups is 1. The van der Waals surface area contributed by atoms with Crippen molar-refractivity contribution in [2.75, 3.05) is 6.54 Å². The highest BCUT2D eigenvalue weighted by Crippen LogP contribution is 2.24. The Morgan fingerprint density at radius 1 is 1.08 bits per heavy atom. The molecule has 38 heavy (non-hydrogen) atoms. The van der Waals surface area contributed by atoms with E-state index in [1.165, 1.54) is 0 Å². The highest BCUT2D eigenvalue weighted by Gasteiger charge is 2.40. The van der Waals surface area contributed by atoms with Gasteiger partial charge in [0.1, 0.15) is 17.3 Å². The van der Waals surface area contributed by atoms with Crippen LogP contribution in [0.15, 0.2) is 53.5 Å². The number of carboxylic acid groups (broad SMARTS) is 3. The van der Waals surface area contributed by atoms with Gasteiger partial charge < -0.3 is 34.5 Å². The van der Waals surface area contributed by atoms with E-state index in [4.69, 9.17) is 36.4 Å². The highest BCUT2D eigenvalue weighted by molar-refractivity contribution is 6.30. The number of carbonyl (C=O) groups is 3. The zero-order valence-corrected chi connectivity index (χ0v) is 21.4. The second kappa shape index (κ2) is 14.2. The third kappa shape index (κ3) is 10.2. The lowest BCUT2D eigenvalue weighted by Crippen LogP contribution is -2.42. The maximum absolute atomic E-state index is 10.3. The van der Waals surface area contributed by atoms with E-state index in [1.807, 2.05) is 37.6 Å². The zero-order valence-electron chi connectivity index (χ0n) is 20.7. The standard InChI is InChI=1S/C19H22ClN3O2.C6H8O7/c1-15-3-5-18(25-15)13-23(9-2-8-22-10-7-21-14-22)12-16-11-17(20)4-6-19(16)24;7-3(8)1-6(13,5(11)12)2-4(9)10/h3-7,10-11,14,24H,2,8-9,12-13H2,1H3;13H,1-2H2,(H,7,8)(H,9,10)(H,11,12). The number of furan rings is 1. The molecule has 12 nitrogen and oxygen atoms in total. The van der Waals surface area contributed by atoms with Crippen molar-refractivity contribution < 1.29 is 44.3 Å². The number of nitrogens with zero attached hydrogens (tertiary/aromatic N) is 3. The van der Waals surface area contributed by atoms with E-state index in [9.17, 15) is 19.5 Å². The number of halogens is 1. The lowest BCUT2D eigenvalue weighted by molar-refractivity contribution is -0.170. The molecule has 0 fully saturated rings. The summed E-state index contributed by atoms with van der Waals surface area (Å²) in [7, 11) is 0. The van der Waals surface area contributed by atoms with Crippen molar-refractivity contribution in [2.45, 2.75) is 51.4 Å². The number of hydrogen-bond acceptors (Lipinski definition) is 8. The molecule has 0 unspecified atom stereocenters. The van der Waals surface area contributed by atoms with E-state index < -0.39 is 36.4 Å². The van der Waals surface area contributed by atoms with E-state index in [1.54, 1.807) is 18.3 Å². The smallest absolute Gasteiger partial charge is 0.336 e. The number of aryl methyl sites for hydroxylation is 2.